The maximum absolute atomic E-state index is 14.0. The minimum atomic E-state index is -0.433. The summed E-state index contributed by atoms with van der Waals surface area (Å²) < 4.78 is 29.0. The second kappa shape index (κ2) is 20.5. The van der Waals surface area contributed by atoms with E-state index in [1.807, 2.05) is 48.5 Å². The predicted molar refractivity (Wildman–Crippen MR) is 228 cm³/mol. The Hall–Kier alpha value is -5.23. The molecule has 0 aliphatic carbocycles. The minimum absolute atomic E-state index is 0.0691. The first-order valence-corrected chi connectivity index (χ1v) is 19.4. The smallest absolute Gasteiger partial charge is 0.163 e. The normalized spacial score (nSPS) is 12.0. The van der Waals surface area contributed by atoms with Crippen LogP contribution in [0.25, 0.3) is 16.9 Å². The molecule has 55 heavy (non-hydrogen) atoms. The van der Waals surface area contributed by atoms with E-state index >= 15 is 0 Å². The van der Waals surface area contributed by atoms with Gasteiger partial charge in [0.05, 0.1) is 35.0 Å². The van der Waals surface area contributed by atoms with Crippen LogP contribution >= 0.6 is 0 Å². The number of hydrogen-bond acceptors (Lipinski definition) is 6. The number of Topliss-reactive ketones (excluding diaryl/α,β-unsaturated/α-hetero) is 1. The molecule has 4 aromatic carbocycles. The average molecular weight is 745 g/mol. The molecule has 0 heterocycles. The summed E-state index contributed by atoms with van der Waals surface area (Å²) >= 11 is 0. The summed E-state index contributed by atoms with van der Waals surface area (Å²) in [5.74, 6) is 3.55. The zero-order valence-corrected chi connectivity index (χ0v) is 34.1. The van der Waals surface area contributed by atoms with Gasteiger partial charge in [0.25, 0.3) is 0 Å². The van der Waals surface area contributed by atoms with Gasteiger partial charge in [0, 0.05) is 23.0 Å². The summed E-state index contributed by atoms with van der Waals surface area (Å²) in [5, 5.41) is 0. The third-order valence-corrected chi connectivity index (χ3v) is 10.9. The molecule has 0 spiro atoms. The van der Waals surface area contributed by atoms with Crippen molar-refractivity contribution in [2.75, 3.05) is 35.0 Å². The van der Waals surface area contributed by atoms with Gasteiger partial charge in [0.1, 0.15) is 17.3 Å². The Bertz CT molecular complexity index is 1760. The van der Waals surface area contributed by atoms with Crippen LogP contribution < -0.4 is 18.9 Å². The van der Waals surface area contributed by atoms with Gasteiger partial charge in [-0.2, -0.15) is 0 Å². The van der Waals surface area contributed by atoms with Gasteiger partial charge in [-0.05, 0) is 127 Å². The third kappa shape index (κ3) is 11.2. The summed E-state index contributed by atoms with van der Waals surface area (Å²) in [6.45, 7) is 20.1. The summed E-state index contributed by atoms with van der Waals surface area (Å²) in [6, 6.07) is 26.4. The quantitative estimate of drug-likeness (QED) is 0.0557. The lowest BCUT2D eigenvalue weighted by atomic mass is 9.73. The van der Waals surface area contributed by atoms with Crippen LogP contribution in [0.4, 0.5) is 0 Å². The molecule has 0 aromatic heterocycles. The van der Waals surface area contributed by atoms with Crippen molar-refractivity contribution in [1.29, 1.82) is 0 Å². The summed E-state index contributed by atoms with van der Waals surface area (Å²) in [6.07, 6.45) is 6.46. The second-order valence-electron chi connectivity index (χ2n) is 14.2. The summed E-state index contributed by atoms with van der Waals surface area (Å²) in [7, 11) is 6.60. The lowest BCUT2D eigenvalue weighted by Gasteiger charge is -2.35. The molecule has 0 radical (unpaired) electrons. The number of hydrogen-bond donors (Lipinski definition) is 0. The van der Waals surface area contributed by atoms with Crippen molar-refractivity contribution in [3.63, 3.8) is 0 Å². The number of ketones is 1. The Kier molecular flexibility index (Phi) is 15.8. The van der Waals surface area contributed by atoms with Gasteiger partial charge in [0.2, 0.25) is 0 Å². The van der Waals surface area contributed by atoms with E-state index in [2.05, 4.69) is 70.8 Å². The topological polar surface area (TPSA) is 63.2 Å². The van der Waals surface area contributed by atoms with E-state index in [9.17, 15) is 4.79 Å². The third-order valence-electron chi connectivity index (χ3n) is 10.9. The zero-order chi connectivity index (χ0) is 40.0. The number of benzene rings is 4. The molecule has 0 aliphatic rings. The highest BCUT2D eigenvalue weighted by Crippen LogP contribution is 2.42. The van der Waals surface area contributed by atoms with Gasteiger partial charge in [-0.15, -0.1) is 0 Å². The van der Waals surface area contributed by atoms with Gasteiger partial charge in [-0.25, -0.2) is 0 Å². The molecule has 0 saturated carbocycles. The second-order valence-corrected chi connectivity index (χ2v) is 14.2. The van der Waals surface area contributed by atoms with E-state index in [1.54, 1.807) is 28.4 Å². The van der Waals surface area contributed by atoms with E-state index < -0.39 is 5.41 Å². The van der Waals surface area contributed by atoms with Crippen molar-refractivity contribution >= 4 is 22.7 Å². The van der Waals surface area contributed by atoms with Crippen molar-refractivity contribution in [1.82, 2.24) is 0 Å². The number of rotatable bonds is 23. The van der Waals surface area contributed by atoms with Crippen molar-refractivity contribution in [3.8, 4) is 23.0 Å². The van der Waals surface area contributed by atoms with Crippen LogP contribution in [0.3, 0.4) is 0 Å². The molecule has 0 bridgehead atoms. The van der Waals surface area contributed by atoms with Crippen LogP contribution in [-0.2, 0) is 24.0 Å². The number of carbonyl (C=O) groups is 1. The van der Waals surface area contributed by atoms with Gasteiger partial charge in [-0.3, -0.25) is 4.79 Å². The maximum atomic E-state index is 14.0. The molecule has 1 unspecified atom stereocenters. The highest BCUT2D eigenvalue weighted by molar-refractivity contribution is 5.96. The van der Waals surface area contributed by atoms with Crippen molar-refractivity contribution in [2.24, 2.45) is 5.41 Å². The average Bonchev–Trinajstić information content (AvgIpc) is 3.24. The molecule has 0 aliphatic heterocycles. The van der Waals surface area contributed by atoms with Gasteiger partial charge >= 0.3 is 0 Å². The molecular formula is C49H60O6. The number of ether oxygens (including phenoxy) is 5. The molecule has 1 atom stereocenters. The first-order chi connectivity index (χ1) is 26.5. The van der Waals surface area contributed by atoms with E-state index in [4.69, 9.17) is 23.7 Å². The van der Waals surface area contributed by atoms with E-state index in [0.29, 0.717) is 48.7 Å². The fraction of sp³-hybridized carbons (Fsp3) is 0.367. The molecule has 6 heteroatoms. The van der Waals surface area contributed by atoms with E-state index in [-0.39, 0.29) is 5.78 Å². The van der Waals surface area contributed by atoms with Crippen LogP contribution in [0.2, 0.25) is 0 Å². The lowest BCUT2D eigenvalue weighted by Crippen LogP contribution is -2.28. The SMILES string of the molecule is C=C(CCC(CCC(=C)c1ccc(OC)c(OC)c1)(CCC(=O)c1ccc(CC)c(OC)c1)COC(=C)c1ccc(OC)c(CC)c1)c1ccc(CC)cc1. The zero-order valence-electron chi connectivity index (χ0n) is 34.1. The molecule has 4 rings (SSSR count). The van der Waals surface area contributed by atoms with Gasteiger partial charge in [-0.1, -0.05) is 83.0 Å². The minimum Gasteiger partial charge on any atom is -0.496 e. The van der Waals surface area contributed by atoms with E-state index in [0.717, 1.165) is 89.0 Å². The Morgan fingerprint density at radius 3 is 1.65 bits per heavy atom. The molecule has 6 nitrogen and oxygen atoms in total. The number of carbonyl (C=O) groups excluding carboxylic acids is 1. The van der Waals surface area contributed by atoms with E-state index in [1.165, 1.54) is 5.56 Å². The maximum Gasteiger partial charge on any atom is 0.163 e. The fourth-order valence-electron chi connectivity index (χ4n) is 7.03. The van der Waals surface area contributed by atoms with Gasteiger partial charge < -0.3 is 23.7 Å². The molecule has 0 saturated heterocycles. The van der Waals surface area contributed by atoms with Crippen molar-refractivity contribution in [3.05, 3.63) is 138 Å². The van der Waals surface area contributed by atoms with Crippen LogP contribution in [0.1, 0.15) is 103 Å². The number of allylic oxidation sites excluding steroid dienone is 2. The summed E-state index contributed by atoms with van der Waals surface area (Å²) in [4.78, 5) is 14.0. The first-order valence-electron chi connectivity index (χ1n) is 19.4. The van der Waals surface area contributed by atoms with Crippen molar-refractivity contribution < 1.29 is 28.5 Å². The van der Waals surface area contributed by atoms with Crippen molar-refractivity contribution in [2.45, 2.75) is 78.6 Å². The van der Waals surface area contributed by atoms with Crippen LogP contribution in [-0.4, -0.2) is 40.8 Å². The van der Waals surface area contributed by atoms with Crippen LogP contribution in [0.5, 0.6) is 23.0 Å². The Labute approximate surface area is 329 Å². The monoisotopic (exact) mass is 744 g/mol. The molecule has 0 amide bonds. The predicted octanol–water partition coefficient (Wildman–Crippen LogP) is 12.0. The fourth-order valence-corrected chi connectivity index (χ4v) is 7.03. The number of methoxy groups -OCH3 is 4. The number of aryl methyl sites for hydroxylation is 3. The Morgan fingerprint density at radius 1 is 0.527 bits per heavy atom. The molecule has 4 aromatic rings. The highest BCUT2D eigenvalue weighted by Gasteiger charge is 2.33. The molecule has 0 fully saturated rings. The lowest BCUT2D eigenvalue weighted by molar-refractivity contribution is 0.0809. The largest absolute Gasteiger partial charge is 0.496 e. The first kappa shape index (κ1) is 42.5. The Morgan fingerprint density at radius 2 is 1.05 bits per heavy atom. The highest BCUT2D eigenvalue weighted by atomic mass is 16.5. The molecular weight excluding hydrogens is 685 g/mol. The molecule has 292 valence electrons. The Balaban J connectivity index is 1.69. The summed E-state index contributed by atoms with van der Waals surface area (Å²) in [5.41, 5.74) is 8.68. The van der Waals surface area contributed by atoms with Crippen LogP contribution in [0, 0.1) is 5.41 Å². The molecule has 0 N–H and O–H groups in total. The standard InChI is InChI=1S/C49H60O6/c1-11-37-14-16-40(17-15-37)34(4)24-27-49(28-25-35(5)41-20-23-46(52-8)48(31-41)54-10,29-26-44(50)43-19-18-38(12-2)47(32-43)53-9)33-55-36(6)42-21-22-45(51-7)39(13-3)30-42/h14-23,30-32H,4-6,11-13,24-29,33H2,1-3,7-10H3. The van der Waals surface area contributed by atoms with Gasteiger partial charge in [0.15, 0.2) is 17.3 Å². The van der Waals surface area contributed by atoms with Crippen LogP contribution in [0.15, 0.2) is 98.6 Å².